The smallest absolute Gasteiger partial charge is 0.250 e. The van der Waals surface area contributed by atoms with E-state index in [0.717, 1.165) is 0 Å². The number of rotatable bonds is 5. The molecule has 0 aromatic carbocycles. The highest BCUT2D eigenvalue weighted by Gasteiger charge is 2.13. The lowest BCUT2D eigenvalue weighted by atomic mass is 10.2. The summed E-state index contributed by atoms with van der Waals surface area (Å²) in [5.74, 6) is 0.569. The number of hydrogen-bond acceptors (Lipinski definition) is 6. The first-order valence-electron chi connectivity index (χ1n) is 5.75. The van der Waals surface area contributed by atoms with Crippen LogP contribution in [-0.2, 0) is 13.1 Å². The van der Waals surface area contributed by atoms with Gasteiger partial charge in [0, 0.05) is 25.2 Å². The molecule has 0 fully saturated rings. The first kappa shape index (κ1) is 13.4. The van der Waals surface area contributed by atoms with E-state index in [-0.39, 0.29) is 5.88 Å². The van der Waals surface area contributed by atoms with Crippen LogP contribution in [0.5, 0.6) is 5.88 Å². The van der Waals surface area contributed by atoms with Crippen LogP contribution < -0.4 is 4.74 Å². The maximum absolute atomic E-state index is 13.9. The van der Waals surface area contributed by atoms with Gasteiger partial charge in [-0.2, -0.15) is 0 Å². The van der Waals surface area contributed by atoms with Gasteiger partial charge in [-0.1, -0.05) is 0 Å². The summed E-state index contributed by atoms with van der Waals surface area (Å²) in [6, 6.07) is 1.62. The first-order valence-corrected chi connectivity index (χ1v) is 5.75. The predicted molar refractivity (Wildman–Crippen MR) is 65.0 cm³/mol. The molecular weight excluding hydrogens is 251 g/mol. The Morgan fingerprint density at radius 1 is 1.37 bits per heavy atom. The molecule has 0 aliphatic heterocycles. The fourth-order valence-corrected chi connectivity index (χ4v) is 1.71. The number of ether oxygens (including phenoxy) is 1. The third-order valence-corrected chi connectivity index (χ3v) is 2.54. The van der Waals surface area contributed by atoms with Gasteiger partial charge in [0.2, 0.25) is 17.7 Å². The van der Waals surface area contributed by atoms with Crippen LogP contribution in [0, 0.1) is 12.7 Å². The van der Waals surface area contributed by atoms with Crippen molar-refractivity contribution in [2.75, 3.05) is 14.2 Å². The standard InChI is InChI=1S/C12H15FN4O2/c1-8-15-16-10(19-8)7-17(2)6-9-4-5-14-12(18-3)11(9)13/h4-5H,6-7H2,1-3H3. The summed E-state index contributed by atoms with van der Waals surface area (Å²) in [6.07, 6.45) is 1.52. The molecule has 0 spiro atoms. The fraction of sp³-hybridized carbons (Fsp3) is 0.417. The van der Waals surface area contributed by atoms with Crippen LogP contribution in [0.3, 0.4) is 0 Å². The van der Waals surface area contributed by atoms with Gasteiger partial charge in [-0.25, -0.2) is 9.37 Å². The second kappa shape index (κ2) is 5.75. The Balaban J connectivity index is 2.04. The van der Waals surface area contributed by atoms with E-state index in [4.69, 9.17) is 9.15 Å². The summed E-state index contributed by atoms with van der Waals surface area (Å²) in [5, 5.41) is 7.64. The van der Waals surface area contributed by atoms with Crippen molar-refractivity contribution in [2.24, 2.45) is 0 Å². The minimum atomic E-state index is -0.446. The maximum atomic E-state index is 13.9. The fourth-order valence-electron chi connectivity index (χ4n) is 1.71. The number of halogens is 1. The van der Waals surface area contributed by atoms with Crippen LogP contribution >= 0.6 is 0 Å². The Kier molecular flexibility index (Phi) is 4.06. The van der Waals surface area contributed by atoms with Gasteiger partial charge in [-0.15, -0.1) is 10.2 Å². The van der Waals surface area contributed by atoms with Gasteiger partial charge in [-0.05, 0) is 13.1 Å². The van der Waals surface area contributed by atoms with Crippen molar-refractivity contribution in [3.05, 3.63) is 35.4 Å². The lowest BCUT2D eigenvalue weighted by molar-refractivity contribution is 0.272. The Morgan fingerprint density at radius 2 is 2.16 bits per heavy atom. The summed E-state index contributed by atoms with van der Waals surface area (Å²) in [7, 11) is 3.23. The quantitative estimate of drug-likeness (QED) is 0.818. The van der Waals surface area contributed by atoms with Gasteiger partial charge in [0.05, 0.1) is 13.7 Å². The molecule has 2 aromatic rings. The van der Waals surface area contributed by atoms with Crippen LogP contribution in [0.15, 0.2) is 16.7 Å². The van der Waals surface area contributed by atoms with Crippen molar-refractivity contribution in [1.82, 2.24) is 20.1 Å². The molecule has 0 aliphatic rings. The van der Waals surface area contributed by atoms with Gasteiger partial charge in [0.1, 0.15) is 0 Å². The molecular formula is C12H15FN4O2. The van der Waals surface area contributed by atoms with Crippen molar-refractivity contribution in [2.45, 2.75) is 20.0 Å². The molecule has 7 heteroatoms. The van der Waals surface area contributed by atoms with Crippen molar-refractivity contribution in [3.63, 3.8) is 0 Å². The number of methoxy groups -OCH3 is 1. The highest BCUT2D eigenvalue weighted by Crippen LogP contribution is 2.18. The zero-order chi connectivity index (χ0) is 13.8. The summed E-state index contributed by atoms with van der Waals surface area (Å²) in [4.78, 5) is 5.66. The number of aromatic nitrogens is 3. The van der Waals surface area contributed by atoms with Crippen LogP contribution in [0.25, 0.3) is 0 Å². The van der Waals surface area contributed by atoms with Gasteiger partial charge < -0.3 is 9.15 Å². The molecule has 102 valence electrons. The van der Waals surface area contributed by atoms with Gasteiger partial charge in [0.25, 0.3) is 0 Å². The highest BCUT2D eigenvalue weighted by atomic mass is 19.1. The third-order valence-electron chi connectivity index (χ3n) is 2.54. The summed E-state index contributed by atoms with van der Waals surface area (Å²) in [5.41, 5.74) is 0.505. The molecule has 0 aliphatic carbocycles. The monoisotopic (exact) mass is 266 g/mol. The number of pyridine rings is 1. The first-order chi connectivity index (χ1) is 9.10. The van der Waals surface area contributed by atoms with Crippen LogP contribution in [0.4, 0.5) is 4.39 Å². The lowest BCUT2D eigenvalue weighted by Crippen LogP contribution is -2.18. The van der Waals surface area contributed by atoms with E-state index in [1.807, 2.05) is 11.9 Å². The minimum absolute atomic E-state index is 0.000431. The Bertz CT molecular complexity index is 558. The van der Waals surface area contributed by atoms with E-state index in [1.165, 1.54) is 13.3 Å². The van der Waals surface area contributed by atoms with E-state index in [0.29, 0.717) is 30.4 Å². The van der Waals surface area contributed by atoms with E-state index >= 15 is 0 Å². The third kappa shape index (κ3) is 3.25. The number of nitrogens with zero attached hydrogens (tertiary/aromatic N) is 4. The van der Waals surface area contributed by atoms with E-state index < -0.39 is 5.82 Å². The molecule has 0 atom stereocenters. The summed E-state index contributed by atoms with van der Waals surface area (Å²) >= 11 is 0. The predicted octanol–water partition coefficient (Wildman–Crippen LogP) is 1.55. The van der Waals surface area contributed by atoms with Crippen LogP contribution in [0.2, 0.25) is 0 Å². The van der Waals surface area contributed by atoms with Crippen LogP contribution in [-0.4, -0.2) is 34.2 Å². The second-order valence-electron chi connectivity index (χ2n) is 4.18. The molecule has 0 amide bonds. The molecule has 0 radical (unpaired) electrons. The zero-order valence-corrected chi connectivity index (χ0v) is 11.1. The van der Waals surface area contributed by atoms with Crippen molar-refractivity contribution in [1.29, 1.82) is 0 Å². The number of hydrogen-bond donors (Lipinski definition) is 0. The topological polar surface area (TPSA) is 64.3 Å². The Morgan fingerprint density at radius 3 is 2.79 bits per heavy atom. The zero-order valence-electron chi connectivity index (χ0n) is 11.1. The normalized spacial score (nSPS) is 11.0. The van der Waals surface area contributed by atoms with Crippen LogP contribution in [0.1, 0.15) is 17.3 Å². The second-order valence-corrected chi connectivity index (χ2v) is 4.18. The van der Waals surface area contributed by atoms with Crippen molar-refractivity contribution in [3.8, 4) is 5.88 Å². The average molecular weight is 266 g/mol. The van der Waals surface area contributed by atoms with Gasteiger partial charge in [0.15, 0.2) is 5.82 Å². The van der Waals surface area contributed by atoms with E-state index in [2.05, 4.69) is 15.2 Å². The minimum Gasteiger partial charge on any atom is -0.479 e. The van der Waals surface area contributed by atoms with E-state index in [9.17, 15) is 4.39 Å². The molecule has 0 saturated heterocycles. The molecule has 0 N–H and O–H groups in total. The Labute approximate surface area is 110 Å². The molecule has 0 bridgehead atoms. The average Bonchev–Trinajstić information content (AvgIpc) is 2.77. The molecule has 19 heavy (non-hydrogen) atoms. The molecule has 2 aromatic heterocycles. The molecule has 2 heterocycles. The van der Waals surface area contributed by atoms with Gasteiger partial charge >= 0.3 is 0 Å². The largest absolute Gasteiger partial charge is 0.479 e. The maximum Gasteiger partial charge on any atom is 0.250 e. The van der Waals surface area contributed by atoms with Gasteiger partial charge in [-0.3, -0.25) is 4.90 Å². The van der Waals surface area contributed by atoms with Crippen molar-refractivity contribution < 1.29 is 13.5 Å². The Hall–Kier alpha value is -2.02. The van der Waals surface area contributed by atoms with Crippen molar-refractivity contribution >= 4 is 0 Å². The molecule has 6 nitrogen and oxygen atoms in total. The molecule has 0 unspecified atom stereocenters. The highest BCUT2D eigenvalue weighted by molar-refractivity contribution is 5.23. The SMILES string of the molecule is COc1nccc(CN(C)Cc2nnc(C)o2)c1F. The molecule has 0 saturated carbocycles. The lowest BCUT2D eigenvalue weighted by Gasteiger charge is -2.15. The number of aryl methyl sites for hydroxylation is 1. The van der Waals surface area contributed by atoms with E-state index in [1.54, 1.807) is 13.0 Å². The summed E-state index contributed by atoms with van der Waals surface area (Å²) in [6.45, 7) is 2.57. The summed E-state index contributed by atoms with van der Waals surface area (Å²) < 4.78 is 24.0. The molecule has 2 rings (SSSR count).